The van der Waals surface area contributed by atoms with Gasteiger partial charge >= 0.3 is 11.2 Å². The molecule has 0 spiro atoms. The topological polar surface area (TPSA) is 77.5 Å². The molecule has 3 rings (SSSR count). The van der Waals surface area contributed by atoms with E-state index >= 15 is 0 Å². The van der Waals surface area contributed by atoms with E-state index in [4.69, 9.17) is 0 Å². The number of rotatable bonds is 2. The van der Waals surface area contributed by atoms with E-state index in [1.165, 1.54) is 23.7 Å². The summed E-state index contributed by atoms with van der Waals surface area (Å²) < 4.78 is 1.24. The van der Waals surface area contributed by atoms with E-state index in [0.29, 0.717) is 5.65 Å². The third-order valence-electron chi connectivity index (χ3n) is 4.51. The Morgan fingerprint density at radius 3 is 2.54 bits per heavy atom. The first-order valence-electron chi connectivity index (χ1n) is 8.43. The summed E-state index contributed by atoms with van der Waals surface area (Å²) in [7, 11) is 0. The Balaban J connectivity index is 2.16. The molecule has 0 saturated heterocycles. The summed E-state index contributed by atoms with van der Waals surface area (Å²) in [5, 5.41) is 11.4. The minimum absolute atomic E-state index is 0.186. The summed E-state index contributed by atoms with van der Waals surface area (Å²) in [6.07, 6.45) is 11.0. The van der Waals surface area contributed by atoms with Crippen LogP contribution in [0, 0.1) is 17.0 Å². The number of aryl methyl sites for hydroxylation is 1. The fourth-order valence-electron chi connectivity index (χ4n) is 3.22. The van der Waals surface area contributed by atoms with Crippen molar-refractivity contribution in [1.82, 2.24) is 9.38 Å². The third kappa shape index (κ3) is 3.37. The van der Waals surface area contributed by atoms with Gasteiger partial charge in [0.2, 0.25) is 0 Å². The molecule has 1 saturated carbocycles. The van der Waals surface area contributed by atoms with Crippen LogP contribution in [-0.2, 0) is 0 Å². The molecule has 6 nitrogen and oxygen atoms in total. The van der Waals surface area contributed by atoms with Gasteiger partial charge < -0.3 is 0 Å². The summed E-state index contributed by atoms with van der Waals surface area (Å²) in [6.45, 7) is 1.90. The highest BCUT2D eigenvalue weighted by atomic mass is 16.6. The van der Waals surface area contributed by atoms with Crippen LogP contribution in [0.1, 0.15) is 56.2 Å². The number of pyridine rings is 1. The van der Waals surface area contributed by atoms with Crippen molar-refractivity contribution in [3.05, 3.63) is 55.6 Å². The van der Waals surface area contributed by atoms with Crippen LogP contribution < -0.4 is 5.56 Å². The molecule has 0 bridgehead atoms. The molecule has 0 amide bonds. The molecule has 1 fully saturated rings. The molecule has 6 heteroatoms. The van der Waals surface area contributed by atoms with E-state index in [2.05, 4.69) is 4.98 Å². The number of nitro groups is 1. The average Bonchev–Trinajstić information content (AvgIpc) is 2.49. The zero-order valence-corrected chi connectivity index (χ0v) is 13.8. The van der Waals surface area contributed by atoms with Crippen LogP contribution in [0.3, 0.4) is 0 Å². The molecule has 1 aliphatic carbocycles. The van der Waals surface area contributed by atoms with Crippen molar-refractivity contribution in [2.75, 3.05) is 0 Å². The lowest BCUT2D eigenvalue weighted by Gasteiger charge is -2.12. The second kappa shape index (κ2) is 6.95. The summed E-state index contributed by atoms with van der Waals surface area (Å²) in [5.41, 5.74) is 1.69. The summed E-state index contributed by atoms with van der Waals surface area (Å²) >= 11 is 0. The molecule has 2 aromatic heterocycles. The van der Waals surface area contributed by atoms with E-state index in [9.17, 15) is 14.9 Å². The van der Waals surface area contributed by atoms with Crippen molar-refractivity contribution in [3.8, 4) is 0 Å². The Bertz CT molecular complexity index is 858. The molecule has 2 heterocycles. The molecule has 1 aliphatic rings. The van der Waals surface area contributed by atoms with Crippen LogP contribution in [-0.4, -0.2) is 14.3 Å². The number of hydrogen-bond acceptors (Lipinski definition) is 4. The molecule has 0 unspecified atom stereocenters. The first-order valence-corrected chi connectivity index (χ1v) is 8.43. The van der Waals surface area contributed by atoms with Gasteiger partial charge in [-0.1, -0.05) is 24.8 Å². The highest BCUT2D eigenvalue weighted by Crippen LogP contribution is 2.25. The minimum Gasteiger partial charge on any atom is -0.262 e. The van der Waals surface area contributed by atoms with Gasteiger partial charge in [-0.2, -0.15) is 0 Å². The van der Waals surface area contributed by atoms with Crippen LogP contribution >= 0.6 is 0 Å². The molecule has 0 N–H and O–H groups in total. The normalized spacial score (nSPS) is 15.8. The van der Waals surface area contributed by atoms with Gasteiger partial charge in [0.05, 0.1) is 4.92 Å². The zero-order chi connectivity index (χ0) is 17.1. The van der Waals surface area contributed by atoms with E-state index < -0.39 is 16.2 Å². The van der Waals surface area contributed by atoms with Crippen molar-refractivity contribution in [2.45, 2.75) is 51.9 Å². The molecule has 0 aromatic carbocycles. The summed E-state index contributed by atoms with van der Waals surface area (Å²) in [4.78, 5) is 27.8. The monoisotopic (exact) mass is 327 g/mol. The van der Waals surface area contributed by atoms with Gasteiger partial charge in [-0.3, -0.25) is 19.3 Å². The van der Waals surface area contributed by atoms with E-state index in [-0.39, 0.29) is 5.69 Å². The highest BCUT2D eigenvalue weighted by Gasteiger charge is 2.22. The molecule has 0 aliphatic heterocycles. The van der Waals surface area contributed by atoms with Crippen LogP contribution in [0.4, 0.5) is 5.69 Å². The lowest BCUT2D eigenvalue weighted by atomic mass is 9.95. The fourth-order valence-corrected chi connectivity index (χ4v) is 3.22. The Morgan fingerprint density at radius 2 is 1.88 bits per heavy atom. The number of aromatic nitrogens is 2. The summed E-state index contributed by atoms with van der Waals surface area (Å²) in [5.74, 6) is 0. The molecule has 126 valence electrons. The first kappa shape index (κ1) is 16.4. The second-order valence-corrected chi connectivity index (χ2v) is 6.41. The van der Waals surface area contributed by atoms with E-state index in [1.807, 2.05) is 6.92 Å². The number of allylic oxidation sites excluding steroid dienone is 1. The van der Waals surface area contributed by atoms with E-state index in [0.717, 1.165) is 36.8 Å². The smallest absolute Gasteiger partial charge is 0.262 e. The third-order valence-corrected chi connectivity index (χ3v) is 4.51. The SMILES string of the molecule is Cc1ccn2c(=O)c([N+](=O)[O-])c(C=C3CCCCCCC3)nc2c1. The van der Waals surface area contributed by atoms with Crippen LogP contribution in [0.5, 0.6) is 0 Å². The second-order valence-electron chi connectivity index (χ2n) is 6.41. The predicted molar refractivity (Wildman–Crippen MR) is 93.1 cm³/mol. The van der Waals surface area contributed by atoms with Crippen LogP contribution in [0.15, 0.2) is 28.7 Å². The molecular weight excluding hydrogens is 306 g/mol. The van der Waals surface area contributed by atoms with Crippen molar-refractivity contribution in [3.63, 3.8) is 0 Å². The fraction of sp³-hybridized carbons (Fsp3) is 0.444. The maximum Gasteiger partial charge on any atom is 0.359 e. The van der Waals surface area contributed by atoms with Gasteiger partial charge in [0.15, 0.2) is 0 Å². The van der Waals surface area contributed by atoms with Gasteiger partial charge in [-0.05, 0) is 56.4 Å². The van der Waals surface area contributed by atoms with Crippen molar-refractivity contribution in [2.24, 2.45) is 0 Å². The molecule has 0 radical (unpaired) electrons. The average molecular weight is 327 g/mol. The molecule has 0 atom stereocenters. The molecule has 2 aromatic rings. The Kier molecular flexibility index (Phi) is 4.74. The maximum absolute atomic E-state index is 12.5. The maximum atomic E-state index is 12.5. The van der Waals surface area contributed by atoms with Crippen molar-refractivity contribution < 1.29 is 4.92 Å². The number of hydrogen-bond donors (Lipinski definition) is 0. The first-order chi connectivity index (χ1) is 11.6. The van der Waals surface area contributed by atoms with Crippen molar-refractivity contribution in [1.29, 1.82) is 0 Å². The van der Waals surface area contributed by atoms with Crippen molar-refractivity contribution >= 4 is 17.4 Å². The van der Waals surface area contributed by atoms with Gasteiger partial charge in [0, 0.05) is 6.20 Å². The van der Waals surface area contributed by atoms with Gasteiger partial charge in [-0.25, -0.2) is 4.98 Å². The number of nitrogens with zero attached hydrogens (tertiary/aromatic N) is 3. The Hall–Kier alpha value is -2.50. The quantitative estimate of drug-likeness (QED) is 0.616. The van der Waals surface area contributed by atoms with Gasteiger partial charge in [-0.15, -0.1) is 0 Å². The lowest BCUT2D eigenvalue weighted by Crippen LogP contribution is -2.20. The van der Waals surface area contributed by atoms with Gasteiger partial charge in [0.1, 0.15) is 11.3 Å². The van der Waals surface area contributed by atoms with Crippen LogP contribution in [0.2, 0.25) is 0 Å². The Labute approximate surface area is 140 Å². The molecule has 24 heavy (non-hydrogen) atoms. The summed E-state index contributed by atoms with van der Waals surface area (Å²) in [6, 6.07) is 3.51. The minimum atomic E-state index is -0.623. The van der Waals surface area contributed by atoms with E-state index in [1.54, 1.807) is 24.4 Å². The number of fused-ring (bicyclic) bond motifs is 1. The Morgan fingerprint density at radius 1 is 1.21 bits per heavy atom. The molecular formula is C18H21N3O3. The standard InChI is InChI=1S/C18H21N3O3/c1-13-9-10-20-16(11-13)19-15(17(18(20)22)21(23)24)12-14-7-5-3-2-4-6-8-14/h9-12H,2-8H2,1H3. The highest BCUT2D eigenvalue weighted by molar-refractivity contribution is 5.62. The zero-order valence-electron chi connectivity index (χ0n) is 13.8. The van der Waals surface area contributed by atoms with Gasteiger partial charge in [0.25, 0.3) is 0 Å². The lowest BCUT2D eigenvalue weighted by molar-refractivity contribution is -0.386. The predicted octanol–water partition coefficient (Wildman–Crippen LogP) is 4.04. The van der Waals surface area contributed by atoms with Crippen LogP contribution in [0.25, 0.3) is 11.7 Å². The largest absolute Gasteiger partial charge is 0.359 e.